The number of anilines is 1. The highest BCUT2D eigenvalue weighted by Gasteiger charge is 2.31. The van der Waals surface area contributed by atoms with Gasteiger partial charge in [0.2, 0.25) is 5.91 Å². The fraction of sp³-hybridized carbons (Fsp3) is 0.500. The minimum Gasteiger partial charge on any atom is -0.304 e. The molecule has 0 spiro atoms. The zero-order chi connectivity index (χ0) is 17.2. The van der Waals surface area contributed by atoms with Crippen LogP contribution in [0.3, 0.4) is 0 Å². The number of carbonyl (C=O) groups is 1. The topological polar surface area (TPSA) is 54.5 Å². The summed E-state index contributed by atoms with van der Waals surface area (Å²) in [6, 6.07) is 7.40. The van der Waals surface area contributed by atoms with E-state index < -0.39 is 15.9 Å². The van der Waals surface area contributed by atoms with Crippen LogP contribution in [0, 0.1) is 5.92 Å². The molecular formula is C18H25NO3S. The molecule has 0 radical (unpaired) electrons. The van der Waals surface area contributed by atoms with Crippen molar-refractivity contribution in [2.24, 2.45) is 5.92 Å². The first-order chi connectivity index (χ1) is 10.7. The molecule has 4 nitrogen and oxygen atoms in total. The van der Waals surface area contributed by atoms with Crippen molar-refractivity contribution >= 4 is 21.4 Å². The van der Waals surface area contributed by atoms with Crippen LogP contribution in [0.4, 0.5) is 5.69 Å². The second-order valence-corrected chi connectivity index (χ2v) is 8.76. The maximum atomic E-state index is 12.7. The predicted molar refractivity (Wildman–Crippen MR) is 94.2 cm³/mol. The van der Waals surface area contributed by atoms with Crippen molar-refractivity contribution in [3.63, 3.8) is 0 Å². The first kappa shape index (κ1) is 17.7. The van der Waals surface area contributed by atoms with Gasteiger partial charge < -0.3 is 4.90 Å². The lowest BCUT2D eigenvalue weighted by Crippen LogP contribution is -2.41. The summed E-state index contributed by atoms with van der Waals surface area (Å²) in [4.78, 5) is 14.3. The maximum absolute atomic E-state index is 12.7. The van der Waals surface area contributed by atoms with Crippen molar-refractivity contribution in [3.05, 3.63) is 41.3 Å². The van der Waals surface area contributed by atoms with E-state index in [0.29, 0.717) is 12.3 Å². The van der Waals surface area contributed by atoms with Gasteiger partial charge in [0.1, 0.15) is 0 Å². The molecule has 0 fully saturated rings. The van der Waals surface area contributed by atoms with E-state index in [1.807, 2.05) is 38.1 Å². The molecule has 2 rings (SSSR count). The highest BCUT2D eigenvalue weighted by atomic mass is 32.2. The van der Waals surface area contributed by atoms with Crippen LogP contribution in [0.1, 0.15) is 45.6 Å². The summed E-state index contributed by atoms with van der Waals surface area (Å²) >= 11 is 0. The van der Waals surface area contributed by atoms with E-state index in [0.717, 1.165) is 5.69 Å². The Morgan fingerprint density at radius 3 is 2.22 bits per heavy atom. The van der Waals surface area contributed by atoms with Gasteiger partial charge >= 0.3 is 0 Å². The molecule has 1 heterocycles. The van der Waals surface area contributed by atoms with E-state index in [9.17, 15) is 13.2 Å². The average Bonchev–Trinajstić information content (AvgIpc) is 2.78. The van der Waals surface area contributed by atoms with Crippen LogP contribution in [0.2, 0.25) is 0 Å². The van der Waals surface area contributed by atoms with Crippen LogP contribution in [-0.4, -0.2) is 26.1 Å². The van der Waals surface area contributed by atoms with Gasteiger partial charge in [0, 0.05) is 17.5 Å². The van der Waals surface area contributed by atoms with Gasteiger partial charge in [-0.25, -0.2) is 8.42 Å². The van der Waals surface area contributed by atoms with Gasteiger partial charge in [-0.2, -0.15) is 0 Å². The van der Waals surface area contributed by atoms with Crippen LogP contribution >= 0.6 is 0 Å². The molecule has 1 aromatic carbocycles. The van der Waals surface area contributed by atoms with E-state index in [1.165, 1.54) is 11.0 Å². The van der Waals surface area contributed by atoms with Crippen LogP contribution in [0.5, 0.6) is 0 Å². The summed E-state index contributed by atoms with van der Waals surface area (Å²) in [5, 5.41) is 1.22. The normalized spacial score (nSPS) is 19.5. The van der Waals surface area contributed by atoms with Crippen molar-refractivity contribution in [2.45, 2.75) is 46.1 Å². The van der Waals surface area contributed by atoms with Gasteiger partial charge in [0.25, 0.3) is 0 Å². The van der Waals surface area contributed by atoms with E-state index in [4.69, 9.17) is 0 Å². The van der Waals surface area contributed by atoms with Crippen LogP contribution in [0.15, 0.2) is 35.7 Å². The zero-order valence-electron chi connectivity index (χ0n) is 14.2. The van der Waals surface area contributed by atoms with Gasteiger partial charge in [0.15, 0.2) is 9.84 Å². The van der Waals surface area contributed by atoms with Gasteiger partial charge in [-0.15, -0.1) is 0 Å². The van der Waals surface area contributed by atoms with Gasteiger partial charge in [-0.05, 0) is 35.6 Å². The molecule has 0 N–H and O–H groups in total. The van der Waals surface area contributed by atoms with Crippen molar-refractivity contribution < 1.29 is 13.2 Å². The zero-order valence-corrected chi connectivity index (χ0v) is 15.0. The quantitative estimate of drug-likeness (QED) is 0.827. The lowest BCUT2D eigenvalue weighted by Gasteiger charge is -2.28. The molecule has 23 heavy (non-hydrogen) atoms. The summed E-state index contributed by atoms with van der Waals surface area (Å²) in [6.45, 7) is 8.20. The third-order valence-electron chi connectivity index (χ3n) is 3.93. The standard InChI is InChI=1S/C18H25NO3S/c1-13(2)11-18(20)19(17-9-10-23(21,22)12-17)16-7-5-15(6-8-16)14(3)4/h5-10,13-14,17H,11-12H2,1-4H3. The number of benzene rings is 1. The van der Waals surface area contributed by atoms with Crippen LogP contribution < -0.4 is 4.90 Å². The van der Waals surface area contributed by atoms with E-state index >= 15 is 0 Å². The van der Waals surface area contributed by atoms with Crippen molar-refractivity contribution in [1.29, 1.82) is 0 Å². The second-order valence-electron chi connectivity index (χ2n) is 6.83. The highest BCUT2D eigenvalue weighted by molar-refractivity contribution is 7.94. The van der Waals surface area contributed by atoms with Crippen molar-refractivity contribution in [3.8, 4) is 0 Å². The summed E-state index contributed by atoms with van der Waals surface area (Å²) < 4.78 is 23.5. The van der Waals surface area contributed by atoms with Crippen LogP contribution in [0.25, 0.3) is 0 Å². The van der Waals surface area contributed by atoms with Crippen molar-refractivity contribution in [1.82, 2.24) is 0 Å². The number of sulfone groups is 1. The van der Waals surface area contributed by atoms with Gasteiger partial charge in [-0.3, -0.25) is 4.79 Å². The minimum absolute atomic E-state index is 0.0379. The lowest BCUT2D eigenvalue weighted by molar-refractivity contribution is -0.119. The Kier molecular flexibility index (Phi) is 5.30. The van der Waals surface area contributed by atoms with Gasteiger partial charge in [-0.1, -0.05) is 39.8 Å². The third-order valence-corrected chi connectivity index (χ3v) is 5.31. The summed E-state index contributed by atoms with van der Waals surface area (Å²) in [5.74, 6) is 0.560. The Balaban J connectivity index is 2.33. The van der Waals surface area contributed by atoms with Crippen molar-refractivity contribution in [2.75, 3.05) is 10.7 Å². The number of hydrogen-bond acceptors (Lipinski definition) is 3. The molecular weight excluding hydrogens is 310 g/mol. The number of amides is 1. The monoisotopic (exact) mass is 335 g/mol. The Morgan fingerprint density at radius 2 is 1.78 bits per heavy atom. The van der Waals surface area contributed by atoms with Gasteiger partial charge in [0.05, 0.1) is 11.8 Å². The molecule has 0 aliphatic carbocycles. The number of carbonyl (C=O) groups excluding carboxylic acids is 1. The molecule has 1 unspecified atom stereocenters. The maximum Gasteiger partial charge on any atom is 0.227 e. The van der Waals surface area contributed by atoms with E-state index in [2.05, 4.69) is 13.8 Å². The molecule has 0 saturated carbocycles. The molecule has 0 bridgehead atoms. The SMILES string of the molecule is CC(C)CC(=O)N(c1ccc(C(C)C)cc1)C1C=CS(=O)(=O)C1. The highest BCUT2D eigenvalue weighted by Crippen LogP contribution is 2.26. The summed E-state index contributed by atoms with van der Waals surface area (Å²) in [5.41, 5.74) is 1.95. The predicted octanol–water partition coefficient (Wildman–Crippen LogP) is 3.50. The third kappa shape index (κ3) is 4.44. The fourth-order valence-electron chi connectivity index (χ4n) is 2.71. The molecule has 0 saturated heterocycles. The first-order valence-electron chi connectivity index (χ1n) is 8.02. The minimum atomic E-state index is -3.21. The fourth-order valence-corrected chi connectivity index (χ4v) is 3.98. The van der Waals surface area contributed by atoms with Crippen LogP contribution in [-0.2, 0) is 14.6 Å². The summed E-state index contributed by atoms with van der Waals surface area (Å²) in [6.07, 6.45) is 2.01. The number of rotatable bonds is 5. The number of nitrogens with zero attached hydrogens (tertiary/aromatic N) is 1. The summed E-state index contributed by atoms with van der Waals surface area (Å²) in [7, 11) is -3.21. The first-order valence-corrected chi connectivity index (χ1v) is 9.74. The molecule has 1 amide bonds. The number of hydrogen-bond donors (Lipinski definition) is 0. The Bertz CT molecular complexity index is 687. The lowest BCUT2D eigenvalue weighted by atomic mass is 10.0. The Morgan fingerprint density at radius 1 is 1.17 bits per heavy atom. The Hall–Kier alpha value is -1.62. The van der Waals surface area contributed by atoms with E-state index in [1.54, 1.807) is 11.0 Å². The Labute approximate surface area is 139 Å². The molecule has 126 valence electrons. The second kappa shape index (κ2) is 6.87. The molecule has 1 aliphatic heterocycles. The smallest absolute Gasteiger partial charge is 0.227 e. The van der Waals surface area contributed by atoms with E-state index in [-0.39, 0.29) is 17.6 Å². The average molecular weight is 335 g/mol. The molecule has 1 aromatic rings. The molecule has 0 aromatic heterocycles. The largest absolute Gasteiger partial charge is 0.304 e. The molecule has 5 heteroatoms. The molecule has 1 atom stereocenters. The molecule has 1 aliphatic rings.